The van der Waals surface area contributed by atoms with Crippen molar-refractivity contribution in [1.29, 1.82) is 0 Å². The molecular weight excluding hydrogens is 270 g/mol. The Labute approximate surface area is 121 Å². The number of esters is 1. The van der Waals surface area contributed by atoms with Crippen LogP contribution in [0.1, 0.15) is 24.8 Å². The summed E-state index contributed by atoms with van der Waals surface area (Å²) in [6.07, 6.45) is 0.201. The van der Waals surface area contributed by atoms with E-state index in [1.807, 2.05) is 42.5 Å². The van der Waals surface area contributed by atoms with E-state index in [0.29, 0.717) is 0 Å². The summed E-state index contributed by atoms with van der Waals surface area (Å²) in [6.45, 7) is 1.80. The number of nitro groups is 1. The van der Waals surface area contributed by atoms with E-state index in [1.54, 1.807) is 6.92 Å². The second-order valence-corrected chi connectivity index (χ2v) is 5.23. The fraction of sp³-hybridized carbons (Fsp3) is 0.312. The van der Waals surface area contributed by atoms with Crippen molar-refractivity contribution in [3.63, 3.8) is 0 Å². The van der Waals surface area contributed by atoms with Crippen molar-refractivity contribution in [3.8, 4) is 0 Å². The molecule has 1 aliphatic carbocycles. The Kier molecular flexibility index (Phi) is 3.12. The highest BCUT2D eigenvalue weighted by atomic mass is 16.6. The molecule has 1 saturated carbocycles. The van der Waals surface area contributed by atoms with Crippen LogP contribution in [0.2, 0.25) is 0 Å². The van der Waals surface area contributed by atoms with Crippen LogP contribution in [-0.4, -0.2) is 23.0 Å². The first-order valence-electron chi connectivity index (χ1n) is 6.90. The van der Waals surface area contributed by atoms with Crippen molar-refractivity contribution < 1.29 is 14.5 Å². The van der Waals surface area contributed by atoms with Crippen LogP contribution >= 0.6 is 0 Å². The van der Waals surface area contributed by atoms with Gasteiger partial charge in [-0.15, -0.1) is 0 Å². The lowest BCUT2D eigenvalue weighted by atomic mass is 9.99. The molecule has 0 aromatic heterocycles. The zero-order chi connectivity index (χ0) is 15.0. The molecule has 21 heavy (non-hydrogen) atoms. The number of carbonyl (C=O) groups excluding carboxylic acids is 1. The van der Waals surface area contributed by atoms with Gasteiger partial charge in [-0.1, -0.05) is 42.5 Å². The number of hydrogen-bond donors (Lipinski definition) is 0. The van der Waals surface area contributed by atoms with E-state index in [0.717, 1.165) is 16.3 Å². The minimum Gasteiger partial charge on any atom is -0.461 e. The number of benzene rings is 2. The molecule has 0 saturated heterocycles. The molecule has 0 bridgehead atoms. The zero-order valence-electron chi connectivity index (χ0n) is 11.6. The lowest BCUT2D eigenvalue weighted by molar-refractivity contribution is -0.527. The first-order valence-corrected chi connectivity index (χ1v) is 6.90. The zero-order valence-corrected chi connectivity index (χ0v) is 11.6. The number of fused-ring (bicyclic) bond motifs is 1. The molecule has 0 spiro atoms. The molecule has 0 N–H and O–H groups in total. The molecule has 2 aromatic rings. The second-order valence-electron chi connectivity index (χ2n) is 5.23. The Balaban J connectivity index is 2.05. The average Bonchev–Trinajstić information content (AvgIpc) is 3.24. The average molecular weight is 285 g/mol. The van der Waals surface area contributed by atoms with E-state index < -0.39 is 22.3 Å². The Morgan fingerprint density at radius 1 is 1.33 bits per heavy atom. The van der Waals surface area contributed by atoms with Crippen LogP contribution in [0.15, 0.2) is 42.5 Å². The van der Waals surface area contributed by atoms with Gasteiger partial charge in [-0.2, -0.15) is 0 Å². The summed E-state index contributed by atoms with van der Waals surface area (Å²) in [5.74, 6) is -1.15. The van der Waals surface area contributed by atoms with Gasteiger partial charge in [0.1, 0.15) is 0 Å². The van der Waals surface area contributed by atoms with Gasteiger partial charge in [-0.3, -0.25) is 10.1 Å². The van der Waals surface area contributed by atoms with Crippen LogP contribution in [0.4, 0.5) is 0 Å². The third-order valence-electron chi connectivity index (χ3n) is 4.09. The predicted molar refractivity (Wildman–Crippen MR) is 77.7 cm³/mol. The summed E-state index contributed by atoms with van der Waals surface area (Å²) in [5.41, 5.74) is -0.766. The van der Waals surface area contributed by atoms with Crippen molar-refractivity contribution in [2.45, 2.75) is 24.8 Å². The van der Waals surface area contributed by atoms with E-state index in [9.17, 15) is 14.9 Å². The van der Waals surface area contributed by atoms with Gasteiger partial charge in [0.05, 0.1) is 12.5 Å². The van der Waals surface area contributed by atoms with Gasteiger partial charge < -0.3 is 4.74 Å². The highest BCUT2D eigenvalue weighted by Crippen LogP contribution is 2.55. The van der Waals surface area contributed by atoms with Crippen LogP contribution in [0.25, 0.3) is 10.8 Å². The quantitative estimate of drug-likeness (QED) is 0.492. The molecule has 5 heteroatoms. The van der Waals surface area contributed by atoms with Crippen molar-refractivity contribution in [1.82, 2.24) is 0 Å². The number of nitrogens with zero attached hydrogens (tertiary/aromatic N) is 1. The van der Waals surface area contributed by atoms with Crippen LogP contribution < -0.4 is 0 Å². The van der Waals surface area contributed by atoms with E-state index in [1.165, 1.54) is 0 Å². The maximum atomic E-state index is 12.0. The number of rotatable bonds is 4. The van der Waals surface area contributed by atoms with Crippen molar-refractivity contribution in [2.24, 2.45) is 0 Å². The fourth-order valence-electron chi connectivity index (χ4n) is 2.93. The molecule has 2 aromatic carbocycles. The molecule has 0 amide bonds. The molecular formula is C16H15NO4. The maximum Gasteiger partial charge on any atom is 0.385 e. The van der Waals surface area contributed by atoms with E-state index in [4.69, 9.17) is 4.74 Å². The second kappa shape index (κ2) is 4.84. The Hall–Kier alpha value is -2.43. The molecule has 1 aliphatic rings. The molecule has 108 valence electrons. The highest BCUT2D eigenvalue weighted by Gasteiger charge is 2.74. The topological polar surface area (TPSA) is 69.4 Å². The Morgan fingerprint density at radius 2 is 2.05 bits per heavy atom. The molecule has 2 atom stereocenters. The van der Waals surface area contributed by atoms with Crippen molar-refractivity contribution in [2.75, 3.05) is 6.61 Å². The van der Waals surface area contributed by atoms with E-state index in [2.05, 4.69) is 0 Å². The summed E-state index contributed by atoms with van der Waals surface area (Å²) >= 11 is 0. The first kappa shape index (κ1) is 13.5. The van der Waals surface area contributed by atoms with Crippen LogP contribution in [0.5, 0.6) is 0 Å². The summed E-state index contributed by atoms with van der Waals surface area (Å²) in [5, 5.41) is 13.4. The van der Waals surface area contributed by atoms with Gasteiger partial charge in [-0.25, -0.2) is 4.79 Å². The number of ether oxygens (including phenoxy) is 1. The lowest BCUT2D eigenvalue weighted by Gasteiger charge is -2.10. The van der Waals surface area contributed by atoms with Crippen LogP contribution in [-0.2, 0) is 9.53 Å². The smallest absolute Gasteiger partial charge is 0.385 e. The Morgan fingerprint density at radius 3 is 2.76 bits per heavy atom. The van der Waals surface area contributed by atoms with Gasteiger partial charge in [0.2, 0.25) is 0 Å². The minimum atomic E-state index is -1.61. The third-order valence-corrected chi connectivity index (χ3v) is 4.09. The largest absolute Gasteiger partial charge is 0.461 e. The van der Waals surface area contributed by atoms with E-state index in [-0.39, 0.29) is 13.0 Å². The highest BCUT2D eigenvalue weighted by molar-refractivity contribution is 5.91. The van der Waals surface area contributed by atoms with Gasteiger partial charge in [0.25, 0.3) is 0 Å². The lowest BCUT2D eigenvalue weighted by Crippen LogP contribution is -2.35. The van der Waals surface area contributed by atoms with Gasteiger partial charge in [-0.05, 0) is 23.3 Å². The summed E-state index contributed by atoms with van der Waals surface area (Å²) < 4.78 is 4.91. The molecule has 0 unspecified atom stereocenters. The van der Waals surface area contributed by atoms with Crippen molar-refractivity contribution >= 4 is 16.7 Å². The Bertz CT molecular complexity index is 722. The number of hydrogen-bond acceptors (Lipinski definition) is 4. The van der Waals surface area contributed by atoms with Crippen LogP contribution in [0.3, 0.4) is 0 Å². The third kappa shape index (κ3) is 1.96. The molecule has 1 fully saturated rings. The normalized spacial score (nSPS) is 23.8. The molecule has 0 radical (unpaired) electrons. The molecule has 5 nitrogen and oxygen atoms in total. The van der Waals surface area contributed by atoms with Gasteiger partial charge >= 0.3 is 11.5 Å². The fourth-order valence-corrected chi connectivity index (χ4v) is 2.93. The minimum absolute atomic E-state index is 0.149. The predicted octanol–water partition coefficient (Wildman–Crippen LogP) is 2.91. The molecule has 3 rings (SSSR count). The summed E-state index contributed by atoms with van der Waals surface area (Å²) in [4.78, 5) is 23.0. The number of carbonyl (C=O) groups is 1. The molecule has 0 heterocycles. The van der Waals surface area contributed by atoms with E-state index >= 15 is 0 Å². The first-order chi connectivity index (χ1) is 10.1. The van der Waals surface area contributed by atoms with Crippen molar-refractivity contribution in [3.05, 3.63) is 58.1 Å². The summed E-state index contributed by atoms with van der Waals surface area (Å²) in [7, 11) is 0. The SMILES string of the molecule is CCOC(=O)[C@]1([N+](=O)[O-])C[C@@H]1c1cccc2ccccc12. The van der Waals surface area contributed by atoms with Gasteiger partial charge in [0, 0.05) is 11.3 Å². The van der Waals surface area contributed by atoms with Gasteiger partial charge in [0.15, 0.2) is 0 Å². The van der Waals surface area contributed by atoms with Crippen LogP contribution in [0, 0.1) is 10.1 Å². The standard InChI is InChI=1S/C16H15NO4/c1-2-21-15(18)16(17(19)20)10-14(16)13-9-5-7-11-6-3-4-8-12(11)13/h3-9,14H,2,10H2,1H3/t14-,16+/m1/s1. The molecule has 0 aliphatic heterocycles. The maximum absolute atomic E-state index is 12.0. The summed E-state index contributed by atoms with van der Waals surface area (Å²) in [6, 6.07) is 13.4. The monoisotopic (exact) mass is 285 g/mol.